The van der Waals surface area contributed by atoms with Crippen molar-refractivity contribution in [1.82, 2.24) is 10.6 Å². The molecular formula is C10H18N2O. The van der Waals surface area contributed by atoms with Crippen LogP contribution in [0.2, 0.25) is 0 Å². The smallest absolute Gasteiger partial charge is 0.108 e. The molecule has 3 nitrogen and oxygen atoms in total. The predicted octanol–water partition coefficient (Wildman–Crippen LogP) is 0.117. The van der Waals surface area contributed by atoms with Gasteiger partial charge in [0.15, 0.2) is 0 Å². The van der Waals surface area contributed by atoms with Gasteiger partial charge in [-0.25, -0.2) is 0 Å². The summed E-state index contributed by atoms with van der Waals surface area (Å²) in [4.78, 5) is 0. The van der Waals surface area contributed by atoms with E-state index in [9.17, 15) is 0 Å². The minimum atomic E-state index is 0.170. The second kappa shape index (κ2) is 2.94. The molecule has 3 aliphatic rings. The summed E-state index contributed by atoms with van der Waals surface area (Å²) >= 11 is 0. The molecule has 1 saturated carbocycles. The molecule has 3 rings (SSSR count). The maximum atomic E-state index is 5.95. The topological polar surface area (TPSA) is 33.3 Å². The quantitative estimate of drug-likeness (QED) is 0.604. The largest absolute Gasteiger partial charge is 0.369 e. The number of morpholine rings is 1. The summed E-state index contributed by atoms with van der Waals surface area (Å²) in [6.07, 6.45) is 4.23. The van der Waals surface area contributed by atoms with E-state index in [0.717, 1.165) is 32.2 Å². The van der Waals surface area contributed by atoms with Crippen LogP contribution in [-0.4, -0.2) is 37.9 Å². The maximum Gasteiger partial charge on any atom is 0.108 e. The Labute approximate surface area is 79.2 Å². The molecule has 0 bridgehead atoms. The lowest BCUT2D eigenvalue weighted by Gasteiger charge is -2.54. The fourth-order valence-corrected chi connectivity index (χ4v) is 2.81. The van der Waals surface area contributed by atoms with Crippen LogP contribution in [0, 0.1) is 5.92 Å². The SMILES string of the molecule is C1CC(C2NCCOC23CNC3)C1. The number of hydrogen-bond acceptors (Lipinski definition) is 3. The molecule has 2 aliphatic heterocycles. The van der Waals surface area contributed by atoms with Crippen molar-refractivity contribution in [3.8, 4) is 0 Å². The summed E-state index contributed by atoms with van der Waals surface area (Å²) in [6, 6.07) is 0.635. The van der Waals surface area contributed by atoms with Gasteiger partial charge in [-0.2, -0.15) is 0 Å². The number of nitrogens with one attached hydrogen (secondary N) is 2. The van der Waals surface area contributed by atoms with Crippen molar-refractivity contribution in [2.45, 2.75) is 30.9 Å². The summed E-state index contributed by atoms with van der Waals surface area (Å²) in [5.41, 5.74) is 0.170. The van der Waals surface area contributed by atoms with Crippen LogP contribution < -0.4 is 10.6 Å². The first kappa shape index (κ1) is 8.21. The lowest BCUT2D eigenvalue weighted by molar-refractivity contribution is -0.145. The van der Waals surface area contributed by atoms with Gasteiger partial charge < -0.3 is 15.4 Å². The van der Waals surface area contributed by atoms with E-state index in [0.29, 0.717) is 6.04 Å². The van der Waals surface area contributed by atoms with E-state index >= 15 is 0 Å². The van der Waals surface area contributed by atoms with Gasteiger partial charge in [-0.05, 0) is 18.8 Å². The summed E-state index contributed by atoms with van der Waals surface area (Å²) in [7, 11) is 0. The minimum Gasteiger partial charge on any atom is -0.369 e. The molecule has 1 unspecified atom stereocenters. The molecule has 0 aromatic rings. The van der Waals surface area contributed by atoms with Gasteiger partial charge in [0.05, 0.1) is 6.61 Å². The number of ether oxygens (including phenoxy) is 1. The normalized spacial score (nSPS) is 38.3. The third kappa shape index (κ3) is 1.14. The fraction of sp³-hybridized carbons (Fsp3) is 1.00. The molecule has 1 atom stereocenters. The molecule has 1 aliphatic carbocycles. The zero-order valence-electron chi connectivity index (χ0n) is 8.01. The Hall–Kier alpha value is -0.120. The highest BCUT2D eigenvalue weighted by atomic mass is 16.5. The number of hydrogen-bond donors (Lipinski definition) is 2. The highest BCUT2D eigenvalue weighted by Crippen LogP contribution is 2.38. The Morgan fingerprint density at radius 3 is 2.62 bits per heavy atom. The van der Waals surface area contributed by atoms with Gasteiger partial charge in [-0.3, -0.25) is 0 Å². The second-order valence-electron chi connectivity index (χ2n) is 4.64. The Morgan fingerprint density at radius 2 is 2.08 bits per heavy atom. The first-order valence-electron chi connectivity index (χ1n) is 5.49. The third-order valence-corrected chi connectivity index (χ3v) is 3.89. The maximum absolute atomic E-state index is 5.95. The summed E-state index contributed by atoms with van der Waals surface area (Å²) < 4.78 is 5.95. The highest BCUT2D eigenvalue weighted by Gasteiger charge is 2.50. The molecule has 3 heteroatoms. The molecule has 0 radical (unpaired) electrons. The summed E-state index contributed by atoms with van der Waals surface area (Å²) in [5, 5.41) is 6.99. The monoisotopic (exact) mass is 182 g/mol. The first-order chi connectivity index (χ1) is 6.41. The second-order valence-corrected chi connectivity index (χ2v) is 4.64. The van der Waals surface area contributed by atoms with Crippen LogP contribution >= 0.6 is 0 Å². The molecule has 2 heterocycles. The van der Waals surface area contributed by atoms with Crippen molar-refractivity contribution in [3.63, 3.8) is 0 Å². The van der Waals surface area contributed by atoms with Crippen LogP contribution in [0.1, 0.15) is 19.3 Å². The van der Waals surface area contributed by atoms with E-state index in [1.165, 1.54) is 19.3 Å². The van der Waals surface area contributed by atoms with Crippen molar-refractivity contribution >= 4 is 0 Å². The van der Waals surface area contributed by atoms with Crippen molar-refractivity contribution < 1.29 is 4.74 Å². The van der Waals surface area contributed by atoms with Gasteiger partial charge in [-0.15, -0.1) is 0 Å². The zero-order chi connectivity index (χ0) is 8.73. The molecule has 74 valence electrons. The highest BCUT2D eigenvalue weighted by molar-refractivity contribution is 5.08. The number of rotatable bonds is 1. The van der Waals surface area contributed by atoms with Crippen LogP contribution in [0.5, 0.6) is 0 Å². The van der Waals surface area contributed by atoms with Gasteiger partial charge in [-0.1, -0.05) is 6.42 Å². The van der Waals surface area contributed by atoms with Crippen molar-refractivity contribution in [1.29, 1.82) is 0 Å². The molecule has 3 fully saturated rings. The molecule has 0 aromatic carbocycles. The standard InChI is InChI=1S/C10H18N2O/c1-2-8(3-1)9-10(6-11-7-10)13-5-4-12-9/h8-9,11-12H,1-7H2. The van der Waals surface area contributed by atoms with E-state index in [1.54, 1.807) is 0 Å². The molecule has 0 amide bonds. The van der Waals surface area contributed by atoms with Crippen LogP contribution in [0.3, 0.4) is 0 Å². The van der Waals surface area contributed by atoms with Gasteiger partial charge in [0, 0.05) is 25.7 Å². The molecular weight excluding hydrogens is 164 g/mol. The van der Waals surface area contributed by atoms with Crippen LogP contribution in [0.15, 0.2) is 0 Å². The molecule has 2 saturated heterocycles. The van der Waals surface area contributed by atoms with E-state index in [4.69, 9.17) is 4.74 Å². The van der Waals surface area contributed by atoms with Crippen molar-refractivity contribution in [3.05, 3.63) is 0 Å². The molecule has 2 N–H and O–H groups in total. The van der Waals surface area contributed by atoms with Crippen molar-refractivity contribution in [2.75, 3.05) is 26.2 Å². The minimum absolute atomic E-state index is 0.170. The zero-order valence-corrected chi connectivity index (χ0v) is 8.01. The predicted molar refractivity (Wildman–Crippen MR) is 50.7 cm³/mol. The third-order valence-electron chi connectivity index (χ3n) is 3.89. The first-order valence-corrected chi connectivity index (χ1v) is 5.49. The van der Waals surface area contributed by atoms with Gasteiger partial charge in [0.25, 0.3) is 0 Å². The lowest BCUT2D eigenvalue weighted by Crippen LogP contribution is -2.75. The average molecular weight is 182 g/mol. The molecule has 13 heavy (non-hydrogen) atoms. The molecule has 0 aromatic heterocycles. The van der Waals surface area contributed by atoms with Crippen LogP contribution in [-0.2, 0) is 4.74 Å². The lowest BCUT2D eigenvalue weighted by atomic mass is 9.70. The Balaban J connectivity index is 1.73. The Morgan fingerprint density at radius 1 is 1.23 bits per heavy atom. The van der Waals surface area contributed by atoms with Gasteiger partial charge >= 0.3 is 0 Å². The van der Waals surface area contributed by atoms with Gasteiger partial charge in [0.2, 0.25) is 0 Å². The average Bonchev–Trinajstić information content (AvgIpc) is 1.99. The van der Waals surface area contributed by atoms with Crippen molar-refractivity contribution in [2.24, 2.45) is 5.92 Å². The molecule has 1 spiro atoms. The van der Waals surface area contributed by atoms with E-state index in [2.05, 4.69) is 10.6 Å². The van der Waals surface area contributed by atoms with Crippen LogP contribution in [0.25, 0.3) is 0 Å². The Kier molecular flexibility index (Phi) is 1.86. The summed E-state index contributed by atoms with van der Waals surface area (Å²) in [6.45, 7) is 4.05. The van der Waals surface area contributed by atoms with Gasteiger partial charge in [0.1, 0.15) is 5.60 Å². The van der Waals surface area contributed by atoms with Crippen LogP contribution in [0.4, 0.5) is 0 Å². The van der Waals surface area contributed by atoms with E-state index in [-0.39, 0.29) is 5.60 Å². The van der Waals surface area contributed by atoms with E-state index in [1.807, 2.05) is 0 Å². The fourth-order valence-electron chi connectivity index (χ4n) is 2.81. The Bertz CT molecular complexity index is 199. The van der Waals surface area contributed by atoms with E-state index < -0.39 is 0 Å². The summed E-state index contributed by atoms with van der Waals surface area (Å²) in [5.74, 6) is 0.891.